The number of aryl methyl sites for hydroxylation is 1. The molecule has 4 heteroatoms. The van der Waals surface area contributed by atoms with Gasteiger partial charge in [0.15, 0.2) is 17.3 Å². The Morgan fingerprint density at radius 1 is 1.09 bits per heavy atom. The highest BCUT2D eigenvalue weighted by molar-refractivity contribution is 9.10. The van der Waals surface area contributed by atoms with Crippen molar-refractivity contribution >= 4 is 27.8 Å². The summed E-state index contributed by atoms with van der Waals surface area (Å²) >= 11 is 3.48. The maximum atomic E-state index is 12.6. The van der Waals surface area contributed by atoms with Crippen LogP contribution in [0.3, 0.4) is 0 Å². The van der Waals surface area contributed by atoms with Gasteiger partial charge in [-0.3, -0.25) is 4.79 Å². The molecule has 0 atom stereocenters. The van der Waals surface area contributed by atoms with E-state index in [2.05, 4.69) is 15.9 Å². The quantitative estimate of drug-likeness (QED) is 0.710. The first-order chi connectivity index (χ1) is 10.7. The number of hydrogen-bond acceptors (Lipinski definition) is 3. The molecule has 0 unspecified atom stereocenters. The summed E-state index contributed by atoms with van der Waals surface area (Å²) in [6.45, 7) is 0.236. The summed E-state index contributed by atoms with van der Waals surface area (Å²) in [4.78, 5) is 12.6. The van der Waals surface area contributed by atoms with Gasteiger partial charge in [-0.2, -0.15) is 0 Å². The lowest BCUT2D eigenvalue weighted by Crippen LogP contribution is -2.13. The lowest BCUT2D eigenvalue weighted by Gasteiger charge is -2.17. The van der Waals surface area contributed by atoms with E-state index in [1.54, 1.807) is 0 Å². The van der Waals surface area contributed by atoms with Crippen molar-refractivity contribution in [1.29, 1.82) is 0 Å². The molecule has 0 fully saturated rings. The van der Waals surface area contributed by atoms with Crippen molar-refractivity contribution < 1.29 is 14.3 Å². The number of carbonyl (C=O) groups is 1. The van der Waals surface area contributed by atoms with E-state index >= 15 is 0 Å². The number of fused-ring (bicyclic) bond motifs is 2. The van der Waals surface area contributed by atoms with Gasteiger partial charge in [0.2, 0.25) is 6.79 Å². The smallest absolute Gasteiger partial charge is 0.231 e. The fourth-order valence-corrected chi connectivity index (χ4v) is 3.50. The van der Waals surface area contributed by atoms with Crippen molar-refractivity contribution in [2.75, 3.05) is 6.79 Å². The predicted molar refractivity (Wildman–Crippen MR) is 87.3 cm³/mol. The Morgan fingerprint density at radius 2 is 1.95 bits per heavy atom. The first-order valence-corrected chi connectivity index (χ1v) is 7.94. The molecule has 0 spiro atoms. The number of Topliss-reactive ketones (excluding diaryl/α,β-unsaturated/α-hetero) is 1. The number of allylic oxidation sites excluding steroid dienone is 1. The van der Waals surface area contributed by atoms with Gasteiger partial charge >= 0.3 is 0 Å². The molecule has 1 aliphatic carbocycles. The van der Waals surface area contributed by atoms with Crippen LogP contribution in [0, 0.1) is 0 Å². The van der Waals surface area contributed by atoms with E-state index in [1.807, 2.05) is 42.5 Å². The van der Waals surface area contributed by atoms with E-state index in [-0.39, 0.29) is 12.6 Å². The van der Waals surface area contributed by atoms with Crippen molar-refractivity contribution in [3.63, 3.8) is 0 Å². The lowest BCUT2D eigenvalue weighted by molar-refractivity contribution is 0.102. The van der Waals surface area contributed by atoms with Gasteiger partial charge in [-0.1, -0.05) is 24.3 Å². The zero-order chi connectivity index (χ0) is 15.1. The largest absolute Gasteiger partial charge is 0.454 e. The SMILES string of the molecule is O=C1/C(=C/c2cc(Br)c3c(c2)OCO3)CCc2ccccc21. The van der Waals surface area contributed by atoms with Gasteiger partial charge in [-0.05, 0) is 58.1 Å². The van der Waals surface area contributed by atoms with E-state index in [9.17, 15) is 4.79 Å². The molecule has 2 aromatic carbocycles. The van der Waals surface area contributed by atoms with E-state index in [0.717, 1.165) is 45.3 Å². The van der Waals surface area contributed by atoms with Crippen LogP contribution in [-0.2, 0) is 6.42 Å². The maximum absolute atomic E-state index is 12.6. The molecule has 0 amide bonds. The minimum Gasteiger partial charge on any atom is -0.454 e. The molecular formula is C18H13BrO3. The third kappa shape index (κ3) is 2.24. The minimum absolute atomic E-state index is 0.121. The molecule has 0 N–H and O–H groups in total. The highest BCUT2D eigenvalue weighted by Gasteiger charge is 2.22. The Morgan fingerprint density at radius 3 is 2.86 bits per heavy atom. The normalized spacial score (nSPS) is 17.7. The van der Waals surface area contributed by atoms with Crippen molar-refractivity contribution in [2.24, 2.45) is 0 Å². The van der Waals surface area contributed by atoms with Crippen LogP contribution in [0.15, 0.2) is 46.4 Å². The van der Waals surface area contributed by atoms with Crippen LogP contribution in [0.1, 0.15) is 27.9 Å². The average molecular weight is 357 g/mol. The van der Waals surface area contributed by atoms with Gasteiger partial charge in [-0.15, -0.1) is 0 Å². The van der Waals surface area contributed by atoms with Gasteiger partial charge in [-0.25, -0.2) is 0 Å². The third-order valence-electron chi connectivity index (χ3n) is 4.01. The van der Waals surface area contributed by atoms with E-state index < -0.39 is 0 Å². The van der Waals surface area contributed by atoms with Gasteiger partial charge in [0.1, 0.15) is 0 Å². The van der Waals surface area contributed by atoms with Gasteiger partial charge in [0, 0.05) is 11.1 Å². The van der Waals surface area contributed by atoms with Crippen LogP contribution < -0.4 is 9.47 Å². The first kappa shape index (κ1) is 13.6. The van der Waals surface area contributed by atoms with Crippen molar-refractivity contribution in [3.8, 4) is 11.5 Å². The standard InChI is InChI=1S/C18H13BrO3/c19-15-8-11(9-16-18(15)22-10-21-16)7-13-6-5-12-3-1-2-4-14(12)17(13)20/h1-4,7-9H,5-6,10H2/b13-7+. The molecule has 0 bridgehead atoms. The number of carbonyl (C=O) groups excluding carboxylic acids is 1. The molecule has 0 saturated carbocycles. The second-order valence-electron chi connectivity index (χ2n) is 5.39. The Balaban J connectivity index is 1.73. The minimum atomic E-state index is 0.121. The maximum Gasteiger partial charge on any atom is 0.231 e. The number of halogens is 1. The number of benzene rings is 2. The lowest BCUT2D eigenvalue weighted by atomic mass is 9.86. The zero-order valence-corrected chi connectivity index (χ0v) is 13.4. The highest BCUT2D eigenvalue weighted by atomic mass is 79.9. The second kappa shape index (κ2) is 5.29. The summed E-state index contributed by atoms with van der Waals surface area (Å²) < 4.78 is 11.7. The van der Waals surface area contributed by atoms with Crippen LogP contribution in [0.4, 0.5) is 0 Å². The number of ketones is 1. The Bertz CT molecular complexity index is 808. The van der Waals surface area contributed by atoms with Gasteiger partial charge in [0.25, 0.3) is 0 Å². The van der Waals surface area contributed by atoms with E-state index in [1.165, 1.54) is 0 Å². The molecule has 22 heavy (non-hydrogen) atoms. The summed E-state index contributed by atoms with van der Waals surface area (Å²) in [5, 5.41) is 0. The summed E-state index contributed by atoms with van der Waals surface area (Å²) in [5.74, 6) is 1.56. The molecule has 1 heterocycles. The first-order valence-electron chi connectivity index (χ1n) is 7.15. The molecule has 110 valence electrons. The Labute approximate surface area is 136 Å². The van der Waals surface area contributed by atoms with E-state index in [0.29, 0.717) is 5.75 Å². The second-order valence-corrected chi connectivity index (χ2v) is 6.25. The van der Waals surface area contributed by atoms with Crippen molar-refractivity contribution in [3.05, 3.63) is 63.1 Å². The van der Waals surface area contributed by atoms with Crippen LogP contribution in [-0.4, -0.2) is 12.6 Å². The summed E-state index contributed by atoms with van der Waals surface area (Å²) in [6, 6.07) is 11.7. The van der Waals surface area contributed by atoms with Crippen LogP contribution in [0.2, 0.25) is 0 Å². The molecule has 2 aromatic rings. The van der Waals surface area contributed by atoms with Crippen LogP contribution in [0.25, 0.3) is 6.08 Å². The van der Waals surface area contributed by atoms with Gasteiger partial charge < -0.3 is 9.47 Å². The monoisotopic (exact) mass is 356 g/mol. The number of hydrogen-bond donors (Lipinski definition) is 0. The molecule has 1 aliphatic heterocycles. The third-order valence-corrected chi connectivity index (χ3v) is 4.60. The molecule has 0 radical (unpaired) electrons. The zero-order valence-electron chi connectivity index (χ0n) is 11.8. The molecule has 0 saturated heterocycles. The van der Waals surface area contributed by atoms with Gasteiger partial charge in [0.05, 0.1) is 4.47 Å². The number of ether oxygens (including phenoxy) is 2. The number of rotatable bonds is 1. The van der Waals surface area contributed by atoms with Crippen molar-refractivity contribution in [1.82, 2.24) is 0 Å². The van der Waals surface area contributed by atoms with E-state index in [4.69, 9.17) is 9.47 Å². The molecular weight excluding hydrogens is 344 g/mol. The Kier molecular flexibility index (Phi) is 3.26. The topological polar surface area (TPSA) is 35.5 Å². The van der Waals surface area contributed by atoms with Crippen LogP contribution in [0.5, 0.6) is 11.5 Å². The summed E-state index contributed by atoms with van der Waals surface area (Å²) in [5.41, 5.74) is 3.74. The summed E-state index contributed by atoms with van der Waals surface area (Å²) in [6.07, 6.45) is 3.62. The fourth-order valence-electron chi connectivity index (χ4n) is 2.93. The fraction of sp³-hybridized carbons (Fsp3) is 0.167. The molecule has 2 aliphatic rings. The average Bonchev–Trinajstić information content (AvgIpc) is 2.99. The summed E-state index contributed by atoms with van der Waals surface area (Å²) in [7, 11) is 0. The van der Waals surface area contributed by atoms with Crippen molar-refractivity contribution in [2.45, 2.75) is 12.8 Å². The molecule has 4 rings (SSSR count). The molecule has 0 aromatic heterocycles. The highest BCUT2D eigenvalue weighted by Crippen LogP contribution is 2.40. The Hall–Kier alpha value is -2.07. The van der Waals surface area contributed by atoms with Crippen LogP contribution >= 0.6 is 15.9 Å². The molecule has 3 nitrogen and oxygen atoms in total. The predicted octanol–water partition coefficient (Wildman–Crippen LogP) is 4.39.